The molecule has 1 nitrogen and oxygen atoms in total. The average Bonchev–Trinajstić information content (AvgIpc) is 2.06. The standard InChI is InChI=1S/C11H18N.Sn.4H/c1-4-10-12(2,3)11-8-6-5-7-9-11;;;;;/h5-9H,4,10H2,1-3H3;;;;;/q+1;;;;;. The summed E-state index contributed by atoms with van der Waals surface area (Å²) >= 11 is 0. The normalized spacial score (nSPS) is 10.7. The molecule has 1 rings (SSSR count). The third-order valence-corrected chi connectivity index (χ3v) is 2.24. The Hall–Kier alpha value is -0.0213. The van der Waals surface area contributed by atoms with Gasteiger partial charge in [-0.15, -0.1) is 0 Å². The summed E-state index contributed by atoms with van der Waals surface area (Å²) < 4.78 is 0.983. The molecule has 0 aliphatic carbocycles. The zero-order valence-corrected chi connectivity index (χ0v) is 8.25. The van der Waals surface area contributed by atoms with Gasteiger partial charge in [0, 0.05) is 0 Å². The van der Waals surface area contributed by atoms with Crippen LogP contribution in [0.4, 0.5) is 5.69 Å². The van der Waals surface area contributed by atoms with Gasteiger partial charge in [-0.05, 0) is 18.6 Å². The van der Waals surface area contributed by atoms with E-state index < -0.39 is 0 Å². The van der Waals surface area contributed by atoms with Gasteiger partial charge in [0.15, 0.2) is 0 Å². The van der Waals surface area contributed by atoms with Gasteiger partial charge in [0.05, 0.1) is 20.6 Å². The molecule has 13 heavy (non-hydrogen) atoms. The first-order chi connectivity index (χ1) is 5.67. The Labute approximate surface area is 98.3 Å². The van der Waals surface area contributed by atoms with Crippen molar-refractivity contribution >= 4 is 29.6 Å². The molecule has 0 saturated carbocycles. The van der Waals surface area contributed by atoms with Crippen molar-refractivity contribution in [3.05, 3.63) is 30.3 Å². The monoisotopic (exact) mass is 288 g/mol. The molecule has 2 heteroatoms. The fourth-order valence-corrected chi connectivity index (χ4v) is 1.52. The van der Waals surface area contributed by atoms with Crippen LogP contribution in [-0.4, -0.2) is 44.5 Å². The minimum absolute atomic E-state index is 0. The van der Waals surface area contributed by atoms with Gasteiger partial charge in [0.2, 0.25) is 0 Å². The SMILES string of the molecule is CCC[N+](C)(C)c1ccccc1.[SnH4]. The number of benzene rings is 1. The van der Waals surface area contributed by atoms with Crippen LogP contribution in [0.2, 0.25) is 0 Å². The van der Waals surface area contributed by atoms with Crippen molar-refractivity contribution in [3.63, 3.8) is 0 Å². The molecule has 0 fully saturated rings. The molecular formula is C11H22NSn+. The third-order valence-electron chi connectivity index (χ3n) is 2.24. The van der Waals surface area contributed by atoms with Gasteiger partial charge >= 0.3 is 23.9 Å². The zero-order chi connectivity index (χ0) is 9.03. The predicted molar refractivity (Wildman–Crippen MR) is 66.6 cm³/mol. The van der Waals surface area contributed by atoms with E-state index in [1.54, 1.807) is 0 Å². The van der Waals surface area contributed by atoms with Gasteiger partial charge in [-0.2, -0.15) is 0 Å². The maximum atomic E-state index is 2.25. The van der Waals surface area contributed by atoms with E-state index in [1.165, 1.54) is 18.7 Å². The molecule has 1 aromatic rings. The van der Waals surface area contributed by atoms with Crippen molar-refractivity contribution in [1.82, 2.24) is 4.48 Å². The molecule has 0 heterocycles. The number of hydrogen-bond donors (Lipinski definition) is 0. The first-order valence-corrected chi connectivity index (χ1v) is 4.55. The molecule has 0 aliphatic rings. The van der Waals surface area contributed by atoms with Crippen LogP contribution in [0, 0.1) is 0 Å². The quantitative estimate of drug-likeness (QED) is 0.579. The Morgan fingerprint density at radius 2 is 1.62 bits per heavy atom. The number of rotatable bonds is 3. The first-order valence-electron chi connectivity index (χ1n) is 4.55. The summed E-state index contributed by atoms with van der Waals surface area (Å²) in [5.41, 5.74) is 1.39. The van der Waals surface area contributed by atoms with Crippen molar-refractivity contribution in [3.8, 4) is 0 Å². The number of quaternary nitrogens is 1. The van der Waals surface area contributed by atoms with Gasteiger partial charge in [-0.3, -0.25) is 4.48 Å². The van der Waals surface area contributed by atoms with Crippen LogP contribution < -0.4 is 4.48 Å². The second-order valence-electron chi connectivity index (χ2n) is 3.74. The minimum atomic E-state index is 0. The van der Waals surface area contributed by atoms with Crippen LogP contribution in [-0.2, 0) is 0 Å². The molecule has 0 spiro atoms. The molecule has 1 aromatic carbocycles. The summed E-state index contributed by atoms with van der Waals surface area (Å²) in [6.45, 7) is 3.42. The van der Waals surface area contributed by atoms with E-state index in [1.807, 2.05) is 0 Å². The zero-order valence-electron chi connectivity index (χ0n) is 8.25. The third kappa shape index (κ3) is 3.69. The van der Waals surface area contributed by atoms with Crippen LogP contribution in [0.25, 0.3) is 0 Å². The maximum absolute atomic E-state index is 2.25. The van der Waals surface area contributed by atoms with Gasteiger partial charge in [-0.25, -0.2) is 0 Å². The van der Waals surface area contributed by atoms with Crippen molar-refractivity contribution in [2.45, 2.75) is 13.3 Å². The fraction of sp³-hybridized carbons (Fsp3) is 0.455. The molecule has 0 aliphatic heterocycles. The second kappa shape index (κ2) is 5.65. The summed E-state index contributed by atoms with van der Waals surface area (Å²) in [5, 5.41) is 0. The molecule has 74 valence electrons. The second-order valence-corrected chi connectivity index (χ2v) is 3.74. The van der Waals surface area contributed by atoms with Crippen LogP contribution >= 0.6 is 0 Å². The van der Waals surface area contributed by atoms with Crippen LogP contribution in [0.5, 0.6) is 0 Å². The Kier molecular flexibility index (Phi) is 5.65. The summed E-state index contributed by atoms with van der Waals surface area (Å²) in [7, 11) is 4.50. The van der Waals surface area contributed by atoms with E-state index in [4.69, 9.17) is 0 Å². The van der Waals surface area contributed by atoms with Crippen LogP contribution in [0.3, 0.4) is 0 Å². The van der Waals surface area contributed by atoms with Crippen molar-refractivity contribution in [2.24, 2.45) is 0 Å². The van der Waals surface area contributed by atoms with E-state index in [0.717, 1.165) is 4.48 Å². The van der Waals surface area contributed by atoms with Crippen molar-refractivity contribution in [2.75, 3.05) is 20.6 Å². The van der Waals surface area contributed by atoms with Crippen LogP contribution in [0.1, 0.15) is 13.3 Å². The van der Waals surface area contributed by atoms with Gasteiger partial charge in [-0.1, -0.05) is 25.1 Å². The fourth-order valence-electron chi connectivity index (χ4n) is 1.52. The molecule has 0 saturated heterocycles. The van der Waals surface area contributed by atoms with Gasteiger partial charge in [0.25, 0.3) is 0 Å². The van der Waals surface area contributed by atoms with E-state index in [0.29, 0.717) is 0 Å². The summed E-state index contributed by atoms with van der Waals surface area (Å²) in [6, 6.07) is 10.6. The molecule has 0 amide bonds. The summed E-state index contributed by atoms with van der Waals surface area (Å²) in [4.78, 5) is 0. The Bertz CT molecular complexity index is 231. The number of para-hydroxylation sites is 1. The summed E-state index contributed by atoms with van der Waals surface area (Å²) in [5.74, 6) is 0. The Morgan fingerprint density at radius 3 is 2.08 bits per heavy atom. The molecule has 0 atom stereocenters. The Morgan fingerprint density at radius 1 is 1.08 bits per heavy atom. The van der Waals surface area contributed by atoms with E-state index in [9.17, 15) is 0 Å². The molecule has 0 N–H and O–H groups in total. The van der Waals surface area contributed by atoms with E-state index >= 15 is 0 Å². The van der Waals surface area contributed by atoms with Crippen molar-refractivity contribution < 1.29 is 0 Å². The topological polar surface area (TPSA) is 0 Å². The molecule has 0 aromatic heterocycles. The van der Waals surface area contributed by atoms with Gasteiger partial charge < -0.3 is 0 Å². The number of hydrogen-bond acceptors (Lipinski definition) is 0. The predicted octanol–water partition coefficient (Wildman–Crippen LogP) is 1.21. The summed E-state index contributed by atoms with van der Waals surface area (Å²) in [6.07, 6.45) is 1.22. The number of nitrogens with zero attached hydrogens (tertiary/aromatic N) is 1. The van der Waals surface area contributed by atoms with E-state index in [-0.39, 0.29) is 23.9 Å². The van der Waals surface area contributed by atoms with Gasteiger partial charge in [0.1, 0.15) is 5.69 Å². The first kappa shape index (κ1) is 13.0. The van der Waals surface area contributed by atoms with Crippen molar-refractivity contribution in [1.29, 1.82) is 0 Å². The van der Waals surface area contributed by atoms with Crippen LogP contribution in [0.15, 0.2) is 30.3 Å². The average molecular weight is 287 g/mol. The molecule has 0 unspecified atom stereocenters. The molecular weight excluding hydrogens is 265 g/mol. The molecule has 0 bridgehead atoms. The molecule has 0 radical (unpaired) electrons. The Balaban J connectivity index is 0.00000144. The van der Waals surface area contributed by atoms with E-state index in [2.05, 4.69) is 51.4 Å².